The van der Waals surface area contributed by atoms with Gasteiger partial charge in [0.25, 0.3) is 0 Å². The smallest absolute Gasteiger partial charge is 0.407 e. The summed E-state index contributed by atoms with van der Waals surface area (Å²) >= 11 is 6.27. The fraction of sp³-hybridized carbons (Fsp3) is 0.455. The lowest BCUT2D eigenvalue weighted by atomic mass is 9.78. The number of likely N-dealkylation sites (tertiary alicyclic amines) is 2. The van der Waals surface area contributed by atoms with Crippen molar-refractivity contribution >= 4 is 23.6 Å². The Hall–Kier alpha value is -3.91. The highest BCUT2D eigenvalue weighted by atomic mass is 35.5. The number of ether oxygens (including phenoxy) is 1. The van der Waals surface area contributed by atoms with Crippen LogP contribution in [0.5, 0.6) is 5.75 Å². The molecule has 1 N–H and O–H groups in total. The number of halogens is 1. The average Bonchev–Trinajstić information content (AvgIpc) is 3.50. The van der Waals surface area contributed by atoms with E-state index in [4.69, 9.17) is 21.3 Å². The molecule has 11 heteroatoms. The molecule has 3 fully saturated rings. The summed E-state index contributed by atoms with van der Waals surface area (Å²) in [5.41, 5.74) is 3.12. The molecule has 4 heterocycles. The number of anilines is 1. The minimum atomic E-state index is -0.806. The van der Waals surface area contributed by atoms with Gasteiger partial charge in [0.2, 0.25) is 5.95 Å². The third kappa shape index (κ3) is 6.46. The number of benzene rings is 2. The zero-order valence-electron chi connectivity index (χ0n) is 25.2. The van der Waals surface area contributed by atoms with E-state index in [1.165, 1.54) is 4.90 Å². The van der Waals surface area contributed by atoms with E-state index < -0.39 is 6.09 Å². The van der Waals surface area contributed by atoms with Crippen LogP contribution in [0.25, 0.3) is 0 Å². The van der Waals surface area contributed by atoms with Crippen LogP contribution in [0.15, 0.2) is 54.7 Å². The molecule has 230 valence electrons. The molecule has 3 aromatic rings. The molecule has 3 aliphatic rings. The van der Waals surface area contributed by atoms with E-state index in [0.717, 1.165) is 74.2 Å². The number of rotatable bonds is 8. The second-order valence-electron chi connectivity index (χ2n) is 12.4. The van der Waals surface area contributed by atoms with Crippen molar-refractivity contribution < 1.29 is 14.6 Å². The number of nitriles is 1. The highest BCUT2D eigenvalue weighted by molar-refractivity contribution is 6.30. The van der Waals surface area contributed by atoms with Gasteiger partial charge in [-0.25, -0.2) is 14.8 Å². The number of piperazine rings is 1. The van der Waals surface area contributed by atoms with Gasteiger partial charge in [-0.2, -0.15) is 5.26 Å². The molecule has 2 aromatic carbocycles. The van der Waals surface area contributed by atoms with Gasteiger partial charge in [0, 0.05) is 81.1 Å². The van der Waals surface area contributed by atoms with Gasteiger partial charge in [0.1, 0.15) is 12.4 Å². The van der Waals surface area contributed by atoms with Crippen molar-refractivity contribution in [3.63, 3.8) is 0 Å². The lowest BCUT2D eigenvalue weighted by molar-refractivity contribution is 0.00486. The van der Waals surface area contributed by atoms with Gasteiger partial charge in [0.05, 0.1) is 17.3 Å². The number of amides is 1. The minimum absolute atomic E-state index is 0.335. The monoisotopic (exact) mass is 615 g/mol. The molecule has 1 atom stereocenters. The minimum Gasteiger partial charge on any atom is -0.487 e. The first-order chi connectivity index (χ1) is 21.2. The van der Waals surface area contributed by atoms with E-state index in [-0.39, 0.29) is 5.41 Å². The molecule has 44 heavy (non-hydrogen) atoms. The Morgan fingerprint density at radius 3 is 2.43 bits per heavy atom. The summed E-state index contributed by atoms with van der Waals surface area (Å²) in [6, 6.07) is 18.5. The van der Waals surface area contributed by atoms with Crippen LogP contribution in [-0.2, 0) is 12.0 Å². The van der Waals surface area contributed by atoms with Gasteiger partial charge in [-0.1, -0.05) is 37.6 Å². The van der Waals surface area contributed by atoms with E-state index in [1.54, 1.807) is 12.3 Å². The zero-order chi connectivity index (χ0) is 30.8. The van der Waals surface area contributed by atoms with Crippen LogP contribution in [-0.4, -0.2) is 100 Å². The van der Waals surface area contributed by atoms with Crippen molar-refractivity contribution in [1.29, 1.82) is 5.26 Å². The quantitative estimate of drug-likeness (QED) is 0.393. The van der Waals surface area contributed by atoms with Gasteiger partial charge in [0.15, 0.2) is 0 Å². The first-order valence-corrected chi connectivity index (χ1v) is 15.5. The molecule has 10 nitrogen and oxygen atoms in total. The molecule has 0 bridgehead atoms. The fourth-order valence-electron chi connectivity index (χ4n) is 6.44. The average molecular weight is 616 g/mol. The molecule has 1 amide bonds. The van der Waals surface area contributed by atoms with Crippen molar-refractivity contribution in [2.75, 3.05) is 57.3 Å². The number of aromatic nitrogens is 2. The third-order valence-electron chi connectivity index (χ3n) is 9.37. The summed E-state index contributed by atoms with van der Waals surface area (Å²) in [6.07, 6.45) is 1.92. The molecule has 0 saturated carbocycles. The van der Waals surface area contributed by atoms with Crippen LogP contribution in [0.4, 0.5) is 10.7 Å². The lowest BCUT2D eigenvalue weighted by Crippen LogP contribution is -2.65. The van der Waals surface area contributed by atoms with E-state index in [2.05, 4.69) is 39.6 Å². The summed E-state index contributed by atoms with van der Waals surface area (Å²) in [5, 5.41) is 19.1. The second-order valence-corrected chi connectivity index (χ2v) is 12.9. The fourth-order valence-corrected chi connectivity index (χ4v) is 6.68. The highest BCUT2D eigenvalue weighted by Gasteiger charge is 2.40. The van der Waals surface area contributed by atoms with Crippen LogP contribution in [0.1, 0.15) is 42.7 Å². The molecule has 3 saturated heterocycles. The Morgan fingerprint density at radius 2 is 1.75 bits per heavy atom. The van der Waals surface area contributed by atoms with Crippen LogP contribution < -0.4 is 9.64 Å². The van der Waals surface area contributed by atoms with Crippen molar-refractivity contribution in [2.45, 2.75) is 44.4 Å². The van der Waals surface area contributed by atoms with Crippen molar-refractivity contribution in [1.82, 2.24) is 24.7 Å². The maximum absolute atomic E-state index is 11.2. The number of carboxylic acid groups (broad SMARTS) is 1. The van der Waals surface area contributed by atoms with Gasteiger partial charge in [-0.3, -0.25) is 9.80 Å². The molecule has 1 unspecified atom stereocenters. The molecule has 0 radical (unpaired) electrons. The second kappa shape index (κ2) is 12.6. The number of hydrogen-bond donors (Lipinski definition) is 1. The van der Waals surface area contributed by atoms with Crippen molar-refractivity contribution in [3.8, 4) is 11.8 Å². The van der Waals surface area contributed by atoms with E-state index >= 15 is 0 Å². The standard InChI is InChI=1S/C33H38ClN7O3/c1-33(2,25-15-23(18-35)16-26(34)17-25)24-3-5-30(6-4-24)44-22-27-7-9-36-31(37-27)39-13-11-38(12-14-39)29-20-41(21-29)28-8-10-40(19-28)32(42)43/h3-7,9,15-17,28-29H,8,10-14,19-22H2,1-2H3,(H,42,43). The Labute approximate surface area is 263 Å². The molecular weight excluding hydrogens is 578 g/mol. The Kier molecular flexibility index (Phi) is 8.63. The molecular formula is C33H38ClN7O3. The Morgan fingerprint density at radius 1 is 1.00 bits per heavy atom. The summed E-state index contributed by atoms with van der Waals surface area (Å²) in [4.78, 5) is 29.3. The predicted octanol–water partition coefficient (Wildman–Crippen LogP) is 4.47. The maximum atomic E-state index is 11.2. The molecule has 3 aliphatic heterocycles. The SMILES string of the molecule is CC(C)(c1ccc(OCc2ccnc(N3CCN(C4CN(C5CCN(C(=O)O)C5)C4)CC3)n2)cc1)c1cc(Cl)cc(C#N)c1. The summed E-state index contributed by atoms with van der Waals surface area (Å²) in [6.45, 7) is 11.6. The normalized spacial score (nSPS) is 19.9. The molecule has 6 rings (SSSR count). The van der Waals surface area contributed by atoms with Gasteiger partial charge < -0.3 is 19.6 Å². The summed E-state index contributed by atoms with van der Waals surface area (Å²) < 4.78 is 6.08. The van der Waals surface area contributed by atoms with Crippen molar-refractivity contribution in [2.24, 2.45) is 0 Å². The van der Waals surface area contributed by atoms with Gasteiger partial charge >= 0.3 is 6.09 Å². The van der Waals surface area contributed by atoms with Crippen LogP contribution in [0.2, 0.25) is 5.02 Å². The highest BCUT2D eigenvalue weighted by Crippen LogP contribution is 2.34. The number of hydrogen-bond acceptors (Lipinski definition) is 8. The molecule has 0 spiro atoms. The Balaban J connectivity index is 0.986. The predicted molar refractivity (Wildman–Crippen MR) is 168 cm³/mol. The zero-order valence-corrected chi connectivity index (χ0v) is 26.0. The van der Waals surface area contributed by atoms with E-state index in [0.29, 0.717) is 42.4 Å². The topological polar surface area (TPSA) is 109 Å². The largest absolute Gasteiger partial charge is 0.487 e. The van der Waals surface area contributed by atoms with Crippen LogP contribution >= 0.6 is 11.6 Å². The third-order valence-corrected chi connectivity index (χ3v) is 9.58. The van der Waals surface area contributed by atoms with Gasteiger partial charge in [-0.15, -0.1) is 0 Å². The number of nitrogens with zero attached hydrogens (tertiary/aromatic N) is 7. The van der Waals surface area contributed by atoms with Crippen molar-refractivity contribution in [3.05, 3.63) is 82.1 Å². The first kappa shape index (κ1) is 30.1. The maximum Gasteiger partial charge on any atom is 0.407 e. The van der Waals surface area contributed by atoms with Crippen LogP contribution in [0.3, 0.4) is 0 Å². The van der Waals surface area contributed by atoms with Gasteiger partial charge in [-0.05, 0) is 53.9 Å². The molecule has 0 aliphatic carbocycles. The summed E-state index contributed by atoms with van der Waals surface area (Å²) in [7, 11) is 0. The van der Waals surface area contributed by atoms with E-state index in [9.17, 15) is 15.2 Å². The first-order valence-electron chi connectivity index (χ1n) is 15.2. The molecule has 1 aromatic heterocycles. The van der Waals surface area contributed by atoms with E-state index in [1.807, 2.05) is 42.5 Å². The number of carbonyl (C=O) groups is 1. The van der Waals surface area contributed by atoms with Crippen LogP contribution in [0, 0.1) is 11.3 Å². The lowest BCUT2D eigenvalue weighted by Gasteiger charge is -2.50. The Bertz CT molecular complexity index is 1530. The summed E-state index contributed by atoms with van der Waals surface area (Å²) in [5.74, 6) is 1.49.